The van der Waals surface area contributed by atoms with Crippen LogP contribution in [0.2, 0.25) is 5.02 Å². The second-order valence-electron chi connectivity index (χ2n) is 7.39. The summed E-state index contributed by atoms with van der Waals surface area (Å²) in [5.74, 6) is -0.496. The van der Waals surface area contributed by atoms with Crippen LogP contribution >= 0.6 is 11.6 Å². The van der Waals surface area contributed by atoms with E-state index in [-0.39, 0.29) is 4.90 Å². The molecule has 0 unspecified atom stereocenters. The van der Waals surface area contributed by atoms with Gasteiger partial charge in [0.05, 0.1) is 15.6 Å². The number of carbonyl (C=O) groups excluding carboxylic acids is 1. The first kappa shape index (κ1) is 19.9. The standard InChI is InChI=1S/C21H24ClNO3S/c1-14-6-9-19(18(22)12-14)23-20(24)21(10-4-5-11-21)27(25,26)17-8-7-15(2)16(3)13-17/h6-9,12-13H,4-5,10-11H2,1-3H3,(H,23,24). The van der Waals surface area contributed by atoms with E-state index in [2.05, 4.69) is 5.32 Å². The summed E-state index contributed by atoms with van der Waals surface area (Å²) >= 11 is 6.23. The molecule has 144 valence electrons. The summed E-state index contributed by atoms with van der Waals surface area (Å²) < 4.78 is 25.5. The van der Waals surface area contributed by atoms with Gasteiger partial charge in [-0.3, -0.25) is 4.79 Å². The Labute approximate surface area is 165 Å². The Hall–Kier alpha value is -1.85. The molecule has 27 heavy (non-hydrogen) atoms. The lowest BCUT2D eigenvalue weighted by atomic mass is 10.1. The fraction of sp³-hybridized carbons (Fsp3) is 0.381. The number of nitrogens with one attached hydrogen (secondary N) is 1. The van der Waals surface area contributed by atoms with E-state index in [9.17, 15) is 13.2 Å². The molecule has 2 aromatic carbocycles. The average molecular weight is 406 g/mol. The van der Waals surface area contributed by atoms with Crippen LogP contribution in [0.5, 0.6) is 0 Å². The maximum Gasteiger partial charge on any atom is 0.246 e. The van der Waals surface area contributed by atoms with Gasteiger partial charge in [0.25, 0.3) is 0 Å². The third kappa shape index (κ3) is 3.50. The SMILES string of the molecule is Cc1ccc(NC(=O)C2(S(=O)(=O)c3ccc(C)c(C)c3)CCCC2)c(Cl)c1. The highest BCUT2D eigenvalue weighted by Crippen LogP contribution is 2.42. The van der Waals surface area contributed by atoms with E-state index in [0.717, 1.165) is 16.7 Å². The lowest BCUT2D eigenvalue weighted by Crippen LogP contribution is -2.47. The number of anilines is 1. The van der Waals surface area contributed by atoms with Crippen molar-refractivity contribution in [3.8, 4) is 0 Å². The minimum atomic E-state index is -3.84. The predicted octanol–water partition coefficient (Wildman–Crippen LogP) is 4.99. The summed E-state index contributed by atoms with van der Waals surface area (Å²) in [6, 6.07) is 10.3. The maximum atomic E-state index is 13.5. The molecule has 0 aliphatic heterocycles. The van der Waals surface area contributed by atoms with Crippen LogP contribution in [-0.2, 0) is 14.6 Å². The van der Waals surface area contributed by atoms with Crippen LogP contribution in [0.1, 0.15) is 42.4 Å². The van der Waals surface area contributed by atoms with E-state index in [0.29, 0.717) is 36.4 Å². The molecule has 0 saturated heterocycles. The Morgan fingerprint density at radius 3 is 2.26 bits per heavy atom. The molecular formula is C21H24ClNO3S. The number of amides is 1. The van der Waals surface area contributed by atoms with Gasteiger partial charge in [0.1, 0.15) is 0 Å². The van der Waals surface area contributed by atoms with Crippen molar-refractivity contribution in [3.63, 3.8) is 0 Å². The smallest absolute Gasteiger partial charge is 0.246 e. The topological polar surface area (TPSA) is 63.2 Å². The van der Waals surface area contributed by atoms with Crippen molar-refractivity contribution < 1.29 is 13.2 Å². The van der Waals surface area contributed by atoms with E-state index in [1.54, 1.807) is 30.3 Å². The minimum Gasteiger partial charge on any atom is -0.323 e. The molecule has 1 amide bonds. The molecule has 2 aromatic rings. The fourth-order valence-electron chi connectivity index (χ4n) is 3.63. The number of aryl methyl sites for hydroxylation is 3. The molecule has 4 nitrogen and oxygen atoms in total. The van der Waals surface area contributed by atoms with Gasteiger partial charge in [-0.2, -0.15) is 0 Å². The molecule has 0 bridgehead atoms. The summed E-state index contributed by atoms with van der Waals surface area (Å²) in [5, 5.41) is 3.17. The Morgan fingerprint density at radius 1 is 1.00 bits per heavy atom. The molecule has 1 aliphatic rings. The summed E-state index contributed by atoms with van der Waals surface area (Å²) in [5.41, 5.74) is 3.32. The van der Waals surface area contributed by atoms with Gasteiger partial charge in [-0.05, 0) is 74.6 Å². The Balaban J connectivity index is 2.02. The highest BCUT2D eigenvalue weighted by atomic mass is 35.5. The largest absolute Gasteiger partial charge is 0.323 e. The summed E-state index contributed by atoms with van der Waals surface area (Å²) in [6.45, 7) is 5.71. The van der Waals surface area contributed by atoms with Crippen LogP contribution in [-0.4, -0.2) is 19.1 Å². The number of hydrogen-bond acceptors (Lipinski definition) is 3. The molecule has 0 atom stereocenters. The maximum absolute atomic E-state index is 13.5. The van der Waals surface area contributed by atoms with E-state index < -0.39 is 20.5 Å². The molecule has 1 saturated carbocycles. The first-order valence-electron chi connectivity index (χ1n) is 9.07. The molecule has 3 rings (SSSR count). The lowest BCUT2D eigenvalue weighted by molar-refractivity contribution is -0.118. The number of sulfone groups is 1. The quantitative estimate of drug-likeness (QED) is 0.779. The van der Waals surface area contributed by atoms with Crippen molar-refractivity contribution in [2.75, 3.05) is 5.32 Å². The summed E-state index contributed by atoms with van der Waals surface area (Å²) in [4.78, 5) is 13.4. The third-order valence-corrected chi connectivity index (χ3v) is 8.31. The zero-order chi connectivity index (χ0) is 19.8. The molecular weight excluding hydrogens is 382 g/mol. The van der Waals surface area contributed by atoms with E-state index in [1.807, 2.05) is 26.8 Å². The van der Waals surface area contributed by atoms with Gasteiger partial charge in [0.15, 0.2) is 14.6 Å². The van der Waals surface area contributed by atoms with Crippen LogP contribution in [0, 0.1) is 20.8 Å². The Kier molecular flexibility index (Phi) is 5.37. The fourth-order valence-corrected chi connectivity index (χ4v) is 6.06. The van der Waals surface area contributed by atoms with Crippen molar-refractivity contribution in [1.82, 2.24) is 0 Å². The third-order valence-electron chi connectivity index (χ3n) is 5.50. The molecule has 1 aliphatic carbocycles. The van der Waals surface area contributed by atoms with E-state index >= 15 is 0 Å². The van der Waals surface area contributed by atoms with Gasteiger partial charge in [-0.1, -0.05) is 36.6 Å². The van der Waals surface area contributed by atoms with Crippen LogP contribution in [0.3, 0.4) is 0 Å². The number of halogens is 1. The number of benzene rings is 2. The Morgan fingerprint density at radius 2 is 1.67 bits per heavy atom. The van der Waals surface area contributed by atoms with Crippen LogP contribution in [0.4, 0.5) is 5.69 Å². The van der Waals surface area contributed by atoms with Gasteiger partial charge in [0, 0.05) is 0 Å². The zero-order valence-electron chi connectivity index (χ0n) is 15.8. The summed E-state index contributed by atoms with van der Waals surface area (Å²) in [7, 11) is -3.84. The van der Waals surface area contributed by atoms with Crippen LogP contribution in [0.15, 0.2) is 41.3 Å². The second kappa shape index (κ2) is 7.28. The van der Waals surface area contributed by atoms with Gasteiger partial charge < -0.3 is 5.32 Å². The van der Waals surface area contributed by atoms with Crippen LogP contribution < -0.4 is 5.32 Å². The molecule has 1 fully saturated rings. The van der Waals surface area contributed by atoms with Gasteiger partial charge in [-0.25, -0.2) is 8.42 Å². The van der Waals surface area contributed by atoms with Crippen molar-refractivity contribution >= 4 is 33.0 Å². The van der Waals surface area contributed by atoms with Crippen LogP contribution in [0.25, 0.3) is 0 Å². The van der Waals surface area contributed by atoms with Crippen molar-refractivity contribution in [2.24, 2.45) is 0 Å². The van der Waals surface area contributed by atoms with Gasteiger partial charge in [0.2, 0.25) is 5.91 Å². The Bertz CT molecular complexity index is 992. The van der Waals surface area contributed by atoms with Crippen molar-refractivity contribution in [3.05, 3.63) is 58.1 Å². The number of carbonyl (C=O) groups is 1. The highest BCUT2D eigenvalue weighted by Gasteiger charge is 2.53. The van der Waals surface area contributed by atoms with Gasteiger partial charge in [-0.15, -0.1) is 0 Å². The van der Waals surface area contributed by atoms with E-state index in [4.69, 9.17) is 11.6 Å². The predicted molar refractivity (Wildman–Crippen MR) is 109 cm³/mol. The minimum absolute atomic E-state index is 0.206. The van der Waals surface area contributed by atoms with Gasteiger partial charge >= 0.3 is 0 Å². The zero-order valence-corrected chi connectivity index (χ0v) is 17.4. The molecule has 1 N–H and O–H groups in total. The van der Waals surface area contributed by atoms with Crippen molar-refractivity contribution in [1.29, 1.82) is 0 Å². The monoisotopic (exact) mass is 405 g/mol. The molecule has 6 heteroatoms. The number of hydrogen-bond donors (Lipinski definition) is 1. The summed E-state index contributed by atoms with van der Waals surface area (Å²) in [6.07, 6.45) is 2.05. The van der Waals surface area contributed by atoms with E-state index in [1.165, 1.54) is 0 Å². The highest BCUT2D eigenvalue weighted by molar-refractivity contribution is 7.93. The number of rotatable bonds is 4. The average Bonchev–Trinajstić information content (AvgIpc) is 3.11. The second-order valence-corrected chi connectivity index (χ2v) is 10.1. The van der Waals surface area contributed by atoms with Crippen molar-refractivity contribution in [2.45, 2.75) is 56.1 Å². The first-order valence-corrected chi connectivity index (χ1v) is 10.9. The normalized spacial score (nSPS) is 16.3. The first-order chi connectivity index (χ1) is 12.7. The lowest BCUT2D eigenvalue weighted by Gasteiger charge is -2.28. The molecule has 0 radical (unpaired) electrons. The molecule has 0 spiro atoms. The molecule has 0 aromatic heterocycles. The molecule has 0 heterocycles.